The second-order valence-electron chi connectivity index (χ2n) is 4.99. The minimum Gasteiger partial charge on any atom is -0.465 e. The second-order valence-corrected chi connectivity index (χ2v) is 4.99. The number of carbonyl (C=O) groups is 2. The van der Waals surface area contributed by atoms with E-state index >= 15 is 0 Å². The van der Waals surface area contributed by atoms with Crippen molar-refractivity contribution < 1.29 is 23.5 Å². The number of hydrogen-bond acceptors (Lipinski definition) is 4. The average Bonchev–Trinajstić information content (AvgIpc) is 2.50. The highest BCUT2D eigenvalue weighted by atomic mass is 19.1. The molecule has 0 aliphatic heterocycles. The molecule has 0 fully saturated rings. The fourth-order valence-electron chi connectivity index (χ4n) is 1.55. The molecule has 1 aromatic carbocycles. The SMILES string of the molecule is C=C(C(=O)OCC(C)C)C(F)c1ccc(C(=O)OC)cc1. The van der Waals surface area contributed by atoms with Crippen LogP contribution in [0.2, 0.25) is 0 Å². The lowest BCUT2D eigenvalue weighted by molar-refractivity contribution is -0.140. The van der Waals surface area contributed by atoms with Gasteiger partial charge in [-0.2, -0.15) is 0 Å². The van der Waals surface area contributed by atoms with Gasteiger partial charge in [0.25, 0.3) is 0 Å². The molecule has 21 heavy (non-hydrogen) atoms. The van der Waals surface area contributed by atoms with Crippen LogP contribution in [0, 0.1) is 5.92 Å². The number of esters is 2. The highest BCUT2D eigenvalue weighted by Crippen LogP contribution is 2.26. The van der Waals surface area contributed by atoms with E-state index in [-0.39, 0.29) is 23.7 Å². The predicted octanol–water partition coefficient (Wildman–Crippen LogP) is 3.24. The molecule has 0 aliphatic carbocycles. The van der Waals surface area contributed by atoms with Crippen LogP contribution in [0.25, 0.3) is 0 Å². The van der Waals surface area contributed by atoms with Crippen LogP contribution in [0.3, 0.4) is 0 Å². The van der Waals surface area contributed by atoms with Crippen LogP contribution in [-0.4, -0.2) is 25.7 Å². The van der Waals surface area contributed by atoms with Gasteiger partial charge in [0.1, 0.15) is 0 Å². The highest BCUT2D eigenvalue weighted by molar-refractivity contribution is 5.90. The summed E-state index contributed by atoms with van der Waals surface area (Å²) in [7, 11) is 1.26. The molecule has 0 N–H and O–H groups in total. The van der Waals surface area contributed by atoms with Gasteiger partial charge in [-0.25, -0.2) is 14.0 Å². The monoisotopic (exact) mass is 294 g/mol. The van der Waals surface area contributed by atoms with Gasteiger partial charge in [-0.1, -0.05) is 32.6 Å². The summed E-state index contributed by atoms with van der Waals surface area (Å²) in [5.74, 6) is -1.10. The molecule has 4 nitrogen and oxygen atoms in total. The molecule has 0 heterocycles. The Morgan fingerprint density at radius 3 is 2.29 bits per heavy atom. The lowest BCUT2D eigenvalue weighted by Crippen LogP contribution is -2.14. The van der Waals surface area contributed by atoms with Crippen LogP contribution in [0.15, 0.2) is 36.4 Å². The van der Waals surface area contributed by atoms with Crippen LogP contribution in [0.4, 0.5) is 4.39 Å². The zero-order chi connectivity index (χ0) is 16.0. The molecule has 0 radical (unpaired) electrons. The number of hydrogen-bond donors (Lipinski definition) is 0. The molecule has 1 rings (SSSR count). The molecule has 0 saturated carbocycles. The van der Waals surface area contributed by atoms with Gasteiger partial charge in [-0.05, 0) is 23.6 Å². The van der Waals surface area contributed by atoms with Crippen molar-refractivity contribution in [2.45, 2.75) is 20.0 Å². The molecular weight excluding hydrogens is 275 g/mol. The summed E-state index contributed by atoms with van der Waals surface area (Å²) in [6.45, 7) is 7.42. The van der Waals surface area contributed by atoms with E-state index < -0.39 is 18.1 Å². The summed E-state index contributed by atoms with van der Waals surface area (Å²) in [4.78, 5) is 22.9. The Morgan fingerprint density at radius 2 is 1.81 bits per heavy atom. The van der Waals surface area contributed by atoms with E-state index in [1.165, 1.54) is 31.4 Å². The molecule has 1 unspecified atom stereocenters. The normalized spacial score (nSPS) is 11.9. The smallest absolute Gasteiger partial charge is 0.337 e. The van der Waals surface area contributed by atoms with Crippen molar-refractivity contribution in [3.63, 3.8) is 0 Å². The van der Waals surface area contributed by atoms with Crippen LogP contribution >= 0.6 is 0 Å². The molecule has 0 bridgehead atoms. The fourth-order valence-corrected chi connectivity index (χ4v) is 1.55. The van der Waals surface area contributed by atoms with E-state index in [0.717, 1.165) is 0 Å². The maximum absolute atomic E-state index is 14.2. The summed E-state index contributed by atoms with van der Waals surface area (Å²) in [6, 6.07) is 5.69. The minimum absolute atomic E-state index is 0.166. The van der Waals surface area contributed by atoms with E-state index in [4.69, 9.17) is 4.74 Å². The third-order valence-corrected chi connectivity index (χ3v) is 2.74. The third-order valence-electron chi connectivity index (χ3n) is 2.74. The van der Waals surface area contributed by atoms with Crippen molar-refractivity contribution in [2.75, 3.05) is 13.7 Å². The number of methoxy groups -OCH3 is 1. The Morgan fingerprint density at radius 1 is 1.24 bits per heavy atom. The first-order valence-corrected chi connectivity index (χ1v) is 6.55. The van der Waals surface area contributed by atoms with Crippen molar-refractivity contribution >= 4 is 11.9 Å². The van der Waals surface area contributed by atoms with Gasteiger partial charge in [0.2, 0.25) is 0 Å². The molecule has 0 saturated heterocycles. The molecule has 0 amide bonds. The fraction of sp³-hybridized carbons (Fsp3) is 0.375. The molecule has 0 aliphatic rings. The molecule has 0 spiro atoms. The zero-order valence-electron chi connectivity index (χ0n) is 12.4. The third kappa shape index (κ3) is 4.70. The molecule has 1 atom stereocenters. The van der Waals surface area contributed by atoms with Gasteiger partial charge in [0.05, 0.1) is 24.9 Å². The van der Waals surface area contributed by atoms with E-state index in [9.17, 15) is 14.0 Å². The quantitative estimate of drug-likeness (QED) is 0.597. The summed E-state index contributed by atoms with van der Waals surface area (Å²) in [6.07, 6.45) is -1.67. The Labute approximate surface area is 123 Å². The van der Waals surface area contributed by atoms with E-state index in [1.807, 2.05) is 13.8 Å². The van der Waals surface area contributed by atoms with Gasteiger partial charge in [-0.3, -0.25) is 0 Å². The van der Waals surface area contributed by atoms with Crippen molar-refractivity contribution in [2.24, 2.45) is 5.92 Å². The van der Waals surface area contributed by atoms with Crippen molar-refractivity contribution in [1.82, 2.24) is 0 Å². The van der Waals surface area contributed by atoms with Gasteiger partial charge >= 0.3 is 11.9 Å². The first kappa shape index (κ1) is 16.9. The molecule has 1 aromatic rings. The Kier molecular flexibility index (Phi) is 6.09. The number of halogens is 1. The number of carbonyl (C=O) groups excluding carboxylic acids is 2. The van der Waals surface area contributed by atoms with Crippen molar-refractivity contribution in [3.05, 3.63) is 47.5 Å². The van der Waals surface area contributed by atoms with Crippen LogP contribution in [0.5, 0.6) is 0 Å². The number of ether oxygens (including phenoxy) is 2. The van der Waals surface area contributed by atoms with Gasteiger partial charge in [-0.15, -0.1) is 0 Å². The van der Waals surface area contributed by atoms with Gasteiger partial charge in [0, 0.05) is 0 Å². The van der Waals surface area contributed by atoms with Crippen LogP contribution < -0.4 is 0 Å². The summed E-state index contributed by atoms with van der Waals surface area (Å²) < 4.78 is 23.7. The Balaban J connectivity index is 2.74. The van der Waals surface area contributed by atoms with Crippen molar-refractivity contribution in [3.8, 4) is 0 Å². The standard InChI is InChI=1S/C16H19FO4/c1-10(2)9-21-15(18)11(3)14(17)12-5-7-13(8-6-12)16(19)20-4/h5-8,10,14H,3,9H2,1-2,4H3. The number of benzene rings is 1. The van der Waals surface area contributed by atoms with Crippen molar-refractivity contribution in [1.29, 1.82) is 0 Å². The Hall–Kier alpha value is -2.17. The molecule has 5 heteroatoms. The lowest BCUT2D eigenvalue weighted by atomic mass is 10.0. The predicted molar refractivity (Wildman–Crippen MR) is 76.6 cm³/mol. The molecule has 0 aromatic heterocycles. The summed E-state index contributed by atoms with van der Waals surface area (Å²) in [5, 5.41) is 0. The first-order chi connectivity index (χ1) is 9.86. The minimum atomic E-state index is -1.67. The largest absolute Gasteiger partial charge is 0.465 e. The van der Waals surface area contributed by atoms with Gasteiger partial charge < -0.3 is 9.47 Å². The molecular formula is C16H19FO4. The maximum Gasteiger partial charge on any atom is 0.337 e. The highest BCUT2D eigenvalue weighted by Gasteiger charge is 2.22. The number of alkyl halides is 1. The maximum atomic E-state index is 14.2. The summed E-state index contributed by atoms with van der Waals surface area (Å²) >= 11 is 0. The first-order valence-electron chi connectivity index (χ1n) is 6.55. The molecule has 114 valence electrons. The van der Waals surface area contributed by atoms with Crippen LogP contribution in [0.1, 0.15) is 35.9 Å². The average molecular weight is 294 g/mol. The van der Waals surface area contributed by atoms with E-state index in [0.29, 0.717) is 5.56 Å². The van der Waals surface area contributed by atoms with E-state index in [1.54, 1.807) is 0 Å². The van der Waals surface area contributed by atoms with Crippen LogP contribution in [-0.2, 0) is 14.3 Å². The number of rotatable bonds is 6. The second kappa shape index (κ2) is 7.57. The zero-order valence-corrected chi connectivity index (χ0v) is 12.4. The topological polar surface area (TPSA) is 52.6 Å². The Bertz CT molecular complexity index is 520. The lowest BCUT2D eigenvalue weighted by Gasteiger charge is -2.13. The van der Waals surface area contributed by atoms with E-state index in [2.05, 4.69) is 11.3 Å². The summed E-state index contributed by atoms with van der Waals surface area (Å²) in [5.41, 5.74) is 0.275. The van der Waals surface area contributed by atoms with Gasteiger partial charge in [0.15, 0.2) is 6.17 Å².